The molecule has 0 bridgehead atoms. The number of hydrogen-bond acceptors (Lipinski definition) is 14. The molecule has 7 heterocycles. The maximum atomic E-state index is 10.9. The Morgan fingerprint density at radius 1 is 0.214 bits per heavy atom. The number of pyridine rings is 1. The standard InChI is InChI=1S/C96H58N16/c97-59-60-41-46-84(112-82-49-44-71(95-107-89(65-33-17-5-18-34-65)101-90(108-95)66-35-19-6-20-36-66)56-76(82)77-57-72(45-50-83(77)112)96-109-91(67-37-21-7-22-38-67)102-92(110-96)68-39-23-8-24-40-68)78(53-60)79-58-73(51-52-98-79)111-80-47-42-69(93-103-85(61-25-9-1-10-26-61)99-86(104-93)62-27-11-2-12-28-62)54-74(80)75-55-70(43-48-81(75)111)94-105-87(63-29-13-3-14-30-63)100-88(106-94)64-31-15-4-16-32-64/h1-58H. The van der Waals surface area contributed by atoms with Crippen LogP contribution in [0.25, 0.3) is 203 Å². The van der Waals surface area contributed by atoms with E-state index in [0.29, 0.717) is 86.7 Å². The lowest BCUT2D eigenvalue weighted by Gasteiger charge is -2.16. The van der Waals surface area contributed by atoms with Crippen LogP contribution >= 0.6 is 0 Å². The van der Waals surface area contributed by atoms with Crippen molar-refractivity contribution in [3.63, 3.8) is 0 Å². The first-order chi connectivity index (χ1) is 55.4. The summed E-state index contributed by atoms with van der Waals surface area (Å²) in [7, 11) is 0. The van der Waals surface area contributed by atoms with Crippen molar-refractivity contribution in [2.45, 2.75) is 0 Å². The van der Waals surface area contributed by atoms with E-state index in [0.717, 1.165) is 122 Å². The van der Waals surface area contributed by atoms with Crippen LogP contribution in [0.3, 0.4) is 0 Å². The molecule has 0 aliphatic rings. The summed E-state index contributed by atoms with van der Waals surface area (Å²) in [4.78, 5) is 67.1. The van der Waals surface area contributed by atoms with Crippen LogP contribution in [-0.2, 0) is 0 Å². The van der Waals surface area contributed by atoms with Crippen LogP contribution in [0.4, 0.5) is 0 Å². The summed E-state index contributed by atoms with van der Waals surface area (Å²) in [6, 6.07) is 118. The van der Waals surface area contributed by atoms with Crippen molar-refractivity contribution in [2.24, 2.45) is 0 Å². The highest BCUT2D eigenvalue weighted by molar-refractivity contribution is 6.13. The van der Waals surface area contributed by atoms with Gasteiger partial charge in [-0.25, -0.2) is 59.8 Å². The van der Waals surface area contributed by atoms with Gasteiger partial charge in [-0.2, -0.15) is 5.26 Å². The second-order valence-corrected chi connectivity index (χ2v) is 27.0. The summed E-state index contributed by atoms with van der Waals surface area (Å²) in [5.41, 5.74) is 16.9. The molecular formula is C96H58N16. The van der Waals surface area contributed by atoms with Gasteiger partial charge < -0.3 is 9.13 Å². The summed E-state index contributed by atoms with van der Waals surface area (Å²) in [6.07, 6.45) is 1.84. The van der Waals surface area contributed by atoms with Gasteiger partial charge in [0, 0.05) is 106 Å². The van der Waals surface area contributed by atoms with Crippen LogP contribution in [0.2, 0.25) is 0 Å². The van der Waals surface area contributed by atoms with E-state index in [2.05, 4.69) is 94.1 Å². The first kappa shape index (κ1) is 65.6. The zero-order chi connectivity index (χ0) is 74.4. The van der Waals surface area contributed by atoms with Crippen LogP contribution in [0.5, 0.6) is 0 Å². The molecule has 0 spiro atoms. The SMILES string of the molecule is N#Cc1ccc(-n2c3ccc(-c4nc(-c5ccccc5)nc(-c5ccccc5)n4)cc3c3cc(-c4nc(-c5ccccc5)nc(-c5ccccc5)n4)ccc32)c(-c2cc(-n3c4ccc(-c5nc(-c6ccccc6)nc(-c6ccccc6)n5)cc4c4cc(-c5nc(-c6ccccc6)nc(-c6ccccc6)n5)ccc43)ccn2)c1. The van der Waals surface area contributed by atoms with Crippen LogP contribution in [0.15, 0.2) is 352 Å². The summed E-state index contributed by atoms with van der Waals surface area (Å²) >= 11 is 0. The van der Waals surface area contributed by atoms with E-state index >= 15 is 0 Å². The number of hydrogen-bond donors (Lipinski definition) is 0. The van der Waals surface area contributed by atoms with Gasteiger partial charge in [0.2, 0.25) is 0 Å². The monoisotopic (exact) mass is 1430 g/mol. The maximum Gasteiger partial charge on any atom is 0.164 e. The number of nitriles is 1. The highest BCUT2D eigenvalue weighted by Gasteiger charge is 2.25. The Kier molecular flexibility index (Phi) is 16.5. The van der Waals surface area contributed by atoms with Crippen molar-refractivity contribution in [2.75, 3.05) is 0 Å². The Morgan fingerprint density at radius 2 is 0.455 bits per heavy atom. The fourth-order valence-electron chi connectivity index (χ4n) is 14.6. The predicted octanol–water partition coefficient (Wildman–Crippen LogP) is 21.6. The minimum Gasteiger partial charge on any atom is -0.309 e. The van der Waals surface area contributed by atoms with Gasteiger partial charge in [0.05, 0.1) is 45.1 Å². The Bertz CT molecular complexity index is 6450. The average molecular weight is 1440 g/mol. The molecule has 112 heavy (non-hydrogen) atoms. The van der Waals surface area contributed by atoms with Crippen molar-refractivity contribution in [3.8, 4) is 165 Å². The van der Waals surface area contributed by atoms with Crippen LogP contribution in [0, 0.1) is 11.3 Å². The minimum absolute atomic E-state index is 0.457. The molecule has 13 aromatic carbocycles. The van der Waals surface area contributed by atoms with E-state index in [-0.39, 0.29) is 0 Å². The van der Waals surface area contributed by atoms with Crippen molar-refractivity contribution in [3.05, 3.63) is 358 Å². The van der Waals surface area contributed by atoms with Gasteiger partial charge in [0.1, 0.15) is 0 Å². The molecule has 7 aromatic heterocycles. The lowest BCUT2D eigenvalue weighted by atomic mass is 10.0. The second-order valence-electron chi connectivity index (χ2n) is 27.0. The number of benzene rings is 13. The molecule has 0 atom stereocenters. The zero-order valence-corrected chi connectivity index (χ0v) is 59.6. The highest BCUT2D eigenvalue weighted by Crippen LogP contribution is 2.43. The van der Waals surface area contributed by atoms with Gasteiger partial charge in [-0.15, -0.1) is 0 Å². The maximum absolute atomic E-state index is 10.9. The Hall–Kier alpha value is -15.9. The fourth-order valence-corrected chi connectivity index (χ4v) is 14.6. The first-order valence-electron chi connectivity index (χ1n) is 36.6. The van der Waals surface area contributed by atoms with E-state index in [1.807, 2.05) is 273 Å². The fraction of sp³-hybridized carbons (Fsp3) is 0. The molecule has 0 saturated carbocycles. The molecule has 0 N–H and O–H groups in total. The first-order valence-corrected chi connectivity index (χ1v) is 36.6. The minimum atomic E-state index is 0.457. The third kappa shape index (κ3) is 12.4. The molecule has 16 nitrogen and oxygen atoms in total. The van der Waals surface area contributed by atoms with Gasteiger partial charge in [-0.3, -0.25) is 4.98 Å². The largest absolute Gasteiger partial charge is 0.309 e. The van der Waals surface area contributed by atoms with Gasteiger partial charge in [0.15, 0.2) is 69.9 Å². The Balaban J connectivity index is 0.786. The molecule has 522 valence electrons. The Labute approximate surface area is 641 Å². The second kappa shape index (κ2) is 28.1. The van der Waals surface area contributed by atoms with Crippen molar-refractivity contribution >= 4 is 43.6 Å². The van der Waals surface area contributed by atoms with E-state index in [1.54, 1.807) is 0 Å². The number of nitrogens with zero attached hydrogens (tertiary/aromatic N) is 16. The summed E-state index contributed by atoms with van der Waals surface area (Å²) in [5, 5.41) is 14.6. The van der Waals surface area contributed by atoms with E-state index < -0.39 is 0 Å². The van der Waals surface area contributed by atoms with Gasteiger partial charge in [-0.05, 0) is 103 Å². The van der Waals surface area contributed by atoms with Gasteiger partial charge in [0.25, 0.3) is 0 Å². The number of aromatic nitrogens is 15. The highest BCUT2D eigenvalue weighted by atomic mass is 15.1. The van der Waals surface area contributed by atoms with Crippen LogP contribution in [0.1, 0.15) is 5.56 Å². The quantitative estimate of drug-likeness (QED) is 0.0938. The van der Waals surface area contributed by atoms with Crippen molar-refractivity contribution in [1.82, 2.24) is 73.9 Å². The number of rotatable bonds is 15. The van der Waals surface area contributed by atoms with Crippen molar-refractivity contribution < 1.29 is 0 Å². The smallest absolute Gasteiger partial charge is 0.164 e. The normalized spacial score (nSPS) is 11.4. The molecule has 0 fully saturated rings. The molecule has 0 aliphatic carbocycles. The van der Waals surface area contributed by atoms with E-state index in [1.165, 1.54) is 0 Å². The lowest BCUT2D eigenvalue weighted by Crippen LogP contribution is -2.02. The van der Waals surface area contributed by atoms with Crippen molar-refractivity contribution in [1.29, 1.82) is 5.26 Å². The molecule has 20 rings (SSSR count). The molecule has 0 radical (unpaired) electrons. The third-order valence-corrected chi connectivity index (χ3v) is 20.0. The average Bonchev–Trinajstić information content (AvgIpc) is 1.58. The molecule has 16 heteroatoms. The lowest BCUT2D eigenvalue weighted by molar-refractivity contribution is 1.07. The topological polar surface area (TPSA) is 201 Å². The zero-order valence-electron chi connectivity index (χ0n) is 59.6. The van der Waals surface area contributed by atoms with Crippen LogP contribution < -0.4 is 0 Å². The summed E-state index contributed by atoms with van der Waals surface area (Å²) in [6.45, 7) is 0. The molecular weight excluding hydrogens is 1380 g/mol. The molecule has 0 unspecified atom stereocenters. The summed E-state index contributed by atoms with van der Waals surface area (Å²) < 4.78 is 4.52. The molecule has 20 aromatic rings. The van der Waals surface area contributed by atoms with E-state index in [9.17, 15) is 5.26 Å². The number of fused-ring (bicyclic) bond motifs is 6. The molecule has 0 aliphatic heterocycles. The predicted molar refractivity (Wildman–Crippen MR) is 442 cm³/mol. The third-order valence-electron chi connectivity index (χ3n) is 20.0. The van der Waals surface area contributed by atoms with Gasteiger partial charge >= 0.3 is 0 Å². The van der Waals surface area contributed by atoms with E-state index in [4.69, 9.17) is 64.8 Å². The van der Waals surface area contributed by atoms with Crippen LogP contribution in [-0.4, -0.2) is 73.9 Å². The summed E-state index contributed by atoms with van der Waals surface area (Å²) in [5.74, 6) is 6.42. The Morgan fingerprint density at radius 3 is 0.705 bits per heavy atom. The molecule has 0 amide bonds. The van der Waals surface area contributed by atoms with Gasteiger partial charge in [-0.1, -0.05) is 243 Å². The molecule has 0 saturated heterocycles.